The zero-order valence-electron chi connectivity index (χ0n) is 13.0. The number of benzene rings is 2. The highest BCUT2D eigenvalue weighted by molar-refractivity contribution is 9.10. The summed E-state index contributed by atoms with van der Waals surface area (Å²) in [5.74, 6) is -0.104. The first kappa shape index (κ1) is 15.5. The second kappa shape index (κ2) is 6.13. The zero-order valence-corrected chi connectivity index (χ0v) is 14.5. The monoisotopic (exact) mass is 386 g/mol. The van der Waals surface area contributed by atoms with E-state index in [1.54, 1.807) is 4.90 Å². The Kier molecular flexibility index (Phi) is 3.96. The Morgan fingerprint density at radius 1 is 1.17 bits per heavy atom. The molecule has 3 nitrogen and oxygen atoms in total. The number of hydrogen-bond acceptors (Lipinski definition) is 2. The van der Waals surface area contributed by atoms with Crippen LogP contribution in [0.5, 0.6) is 0 Å². The van der Waals surface area contributed by atoms with Crippen LogP contribution < -0.4 is 4.90 Å². The van der Waals surface area contributed by atoms with Crippen molar-refractivity contribution in [2.45, 2.75) is 19.1 Å². The minimum atomic E-state index is -1.87. The second-order valence-corrected chi connectivity index (χ2v) is 7.15. The second-order valence-electron chi connectivity index (χ2n) is 6.23. The maximum absolute atomic E-state index is 14.6. The number of carbonyl (C=O) groups excluding carboxylic acids is 1. The lowest BCUT2D eigenvalue weighted by atomic mass is 10.00. The van der Waals surface area contributed by atoms with Gasteiger partial charge in [0.2, 0.25) is 0 Å². The molecule has 2 aromatic carbocycles. The van der Waals surface area contributed by atoms with Gasteiger partial charge in [0.15, 0.2) is 0 Å². The van der Waals surface area contributed by atoms with Gasteiger partial charge in [0.1, 0.15) is 0 Å². The molecule has 2 aliphatic rings. The Hall–Kier alpha value is -2.01. The van der Waals surface area contributed by atoms with Gasteiger partial charge in [0.25, 0.3) is 12.2 Å². The fraction of sp³-hybridized carbons (Fsp3) is 0.263. The summed E-state index contributed by atoms with van der Waals surface area (Å²) < 4.78 is 15.4. The van der Waals surface area contributed by atoms with Crippen LogP contribution in [-0.4, -0.2) is 24.5 Å². The maximum Gasteiger partial charge on any atom is 0.284 e. The van der Waals surface area contributed by atoms with Gasteiger partial charge in [-0.05, 0) is 37.0 Å². The minimum Gasteiger partial charge on any atom is -0.307 e. The van der Waals surface area contributed by atoms with Gasteiger partial charge >= 0.3 is 0 Å². The molecule has 0 radical (unpaired) electrons. The lowest BCUT2D eigenvalue weighted by Gasteiger charge is -2.23. The topological polar surface area (TPSA) is 32.7 Å². The fourth-order valence-corrected chi connectivity index (χ4v) is 3.35. The Morgan fingerprint density at radius 2 is 1.92 bits per heavy atom. The van der Waals surface area contributed by atoms with Gasteiger partial charge in [0, 0.05) is 22.1 Å². The lowest BCUT2D eigenvalue weighted by Crippen LogP contribution is -2.37. The Bertz CT molecular complexity index is 817. The quantitative estimate of drug-likeness (QED) is 0.722. The summed E-state index contributed by atoms with van der Waals surface area (Å²) in [6.45, 7) is 0.561. The van der Waals surface area contributed by atoms with Crippen LogP contribution in [0.3, 0.4) is 0 Å². The van der Waals surface area contributed by atoms with E-state index in [2.05, 4.69) is 20.9 Å². The van der Waals surface area contributed by atoms with Gasteiger partial charge in [-0.1, -0.05) is 46.3 Å². The lowest BCUT2D eigenvalue weighted by molar-refractivity contribution is -0.123. The van der Waals surface area contributed by atoms with Crippen LogP contribution in [0.4, 0.5) is 10.1 Å². The highest BCUT2D eigenvalue weighted by Crippen LogP contribution is 2.36. The van der Waals surface area contributed by atoms with E-state index in [0.29, 0.717) is 18.2 Å². The van der Waals surface area contributed by atoms with E-state index in [4.69, 9.17) is 0 Å². The van der Waals surface area contributed by atoms with E-state index in [0.717, 1.165) is 34.1 Å². The summed E-state index contributed by atoms with van der Waals surface area (Å²) in [6.07, 6.45) is 0.322. The SMILES string of the molecule is O=C1C(F)N=C(c2ccccc2)c2cc(Br)ccc2N1CC1CC1. The number of rotatable bonds is 3. The van der Waals surface area contributed by atoms with E-state index in [1.807, 2.05) is 48.5 Å². The van der Waals surface area contributed by atoms with Crippen molar-refractivity contribution < 1.29 is 9.18 Å². The van der Waals surface area contributed by atoms with Crippen molar-refractivity contribution in [2.75, 3.05) is 11.4 Å². The molecule has 1 aliphatic carbocycles. The average molecular weight is 387 g/mol. The molecule has 0 aromatic heterocycles. The third kappa shape index (κ3) is 2.88. The van der Waals surface area contributed by atoms with Gasteiger partial charge < -0.3 is 4.90 Å². The highest BCUT2D eigenvalue weighted by atomic mass is 79.9. The molecular formula is C19H16BrFN2O. The highest BCUT2D eigenvalue weighted by Gasteiger charge is 2.35. The molecule has 5 heteroatoms. The number of aliphatic imine (C=N–C) groups is 1. The molecule has 4 rings (SSSR count). The predicted octanol–water partition coefficient (Wildman–Crippen LogP) is 4.34. The number of amides is 1. The number of halogens is 2. The molecule has 1 aliphatic heterocycles. The molecule has 0 saturated heterocycles. The van der Waals surface area contributed by atoms with Gasteiger partial charge in [-0.2, -0.15) is 0 Å². The van der Waals surface area contributed by atoms with E-state index in [1.165, 1.54) is 0 Å². The van der Waals surface area contributed by atoms with Crippen molar-refractivity contribution in [2.24, 2.45) is 10.9 Å². The smallest absolute Gasteiger partial charge is 0.284 e. The van der Waals surface area contributed by atoms with Crippen LogP contribution in [0.25, 0.3) is 0 Å². The minimum absolute atomic E-state index is 0.468. The van der Waals surface area contributed by atoms with E-state index in [9.17, 15) is 9.18 Å². The number of benzodiazepines with no additional fused rings is 1. The number of hydrogen-bond donors (Lipinski definition) is 0. The first-order valence-corrected chi connectivity index (χ1v) is 8.81. The summed E-state index contributed by atoms with van der Waals surface area (Å²) in [6, 6.07) is 15.1. The molecule has 0 spiro atoms. The third-order valence-corrected chi connectivity index (χ3v) is 4.89. The van der Waals surface area contributed by atoms with Gasteiger partial charge in [-0.25, -0.2) is 9.38 Å². The van der Waals surface area contributed by atoms with Crippen molar-refractivity contribution in [1.29, 1.82) is 0 Å². The zero-order chi connectivity index (χ0) is 16.7. The molecule has 1 heterocycles. The summed E-state index contributed by atoms with van der Waals surface area (Å²) in [5, 5.41) is 0. The number of carbonyl (C=O) groups is 1. The normalized spacial score (nSPS) is 20.4. The van der Waals surface area contributed by atoms with Crippen LogP contribution in [0, 0.1) is 5.92 Å². The number of alkyl halides is 1. The van der Waals surface area contributed by atoms with E-state index < -0.39 is 12.2 Å². The van der Waals surface area contributed by atoms with Crippen molar-refractivity contribution in [3.05, 3.63) is 64.1 Å². The molecule has 1 fully saturated rings. The van der Waals surface area contributed by atoms with Crippen molar-refractivity contribution in [1.82, 2.24) is 0 Å². The number of nitrogens with zero attached hydrogens (tertiary/aromatic N) is 2. The van der Waals surface area contributed by atoms with Crippen molar-refractivity contribution >= 4 is 33.2 Å². The summed E-state index contributed by atoms with van der Waals surface area (Å²) in [7, 11) is 0. The number of fused-ring (bicyclic) bond motifs is 1. The van der Waals surface area contributed by atoms with Crippen LogP contribution in [0.2, 0.25) is 0 Å². The van der Waals surface area contributed by atoms with E-state index >= 15 is 0 Å². The largest absolute Gasteiger partial charge is 0.307 e. The van der Waals surface area contributed by atoms with Gasteiger partial charge in [0.05, 0.1) is 11.4 Å². The van der Waals surface area contributed by atoms with Crippen LogP contribution in [-0.2, 0) is 4.79 Å². The Balaban J connectivity index is 1.89. The Morgan fingerprint density at radius 3 is 2.62 bits per heavy atom. The summed E-state index contributed by atoms with van der Waals surface area (Å²) in [4.78, 5) is 18.3. The fourth-order valence-electron chi connectivity index (χ4n) is 2.99. The molecule has 1 atom stereocenters. The van der Waals surface area contributed by atoms with Crippen molar-refractivity contribution in [3.63, 3.8) is 0 Å². The standard InChI is InChI=1S/C19H16BrFN2O/c20-14-8-9-16-15(10-14)17(13-4-2-1-3-5-13)22-18(21)19(24)23(16)11-12-6-7-12/h1-5,8-10,12,18H,6-7,11H2. The van der Waals surface area contributed by atoms with Gasteiger partial charge in [-0.3, -0.25) is 4.79 Å². The molecule has 0 N–H and O–H groups in total. The molecular weight excluding hydrogens is 371 g/mol. The first-order valence-electron chi connectivity index (χ1n) is 8.02. The molecule has 2 aromatic rings. The number of anilines is 1. The molecule has 1 saturated carbocycles. The predicted molar refractivity (Wildman–Crippen MR) is 96.2 cm³/mol. The molecule has 0 bridgehead atoms. The molecule has 122 valence electrons. The summed E-state index contributed by atoms with van der Waals surface area (Å²) in [5.41, 5.74) is 2.84. The van der Waals surface area contributed by atoms with Crippen LogP contribution in [0.1, 0.15) is 24.0 Å². The van der Waals surface area contributed by atoms with Crippen molar-refractivity contribution in [3.8, 4) is 0 Å². The van der Waals surface area contributed by atoms with Gasteiger partial charge in [-0.15, -0.1) is 0 Å². The molecule has 24 heavy (non-hydrogen) atoms. The van der Waals surface area contributed by atoms with E-state index in [-0.39, 0.29) is 0 Å². The van der Waals surface area contributed by atoms with Crippen LogP contribution in [0.15, 0.2) is 58.0 Å². The first-order chi connectivity index (χ1) is 11.6. The van der Waals surface area contributed by atoms with Crippen LogP contribution >= 0.6 is 15.9 Å². The molecule has 1 amide bonds. The third-order valence-electron chi connectivity index (χ3n) is 4.40. The molecule has 1 unspecified atom stereocenters. The average Bonchev–Trinajstić information content (AvgIpc) is 3.42. The maximum atomic E-state index is 14.6. The summed E-state index contributed by atoms with van der Waals surface area (Å²) >= 11 is 3.48. The Labute approximate surface area is 148 Å².